The number of halogens is 1. The molecule has 2 rings (SSSR count). The molecule has 1 aliphatic rings. The molecule has 0 spiro atoms. The monoisotopic (exact) mass is 214 g/mol. The maximum Gasteiger partial charge on any atom is 0.150 e. The van der Waals surface area contributed by atoms with Gasteiger partial charge < -0.3 is 9.67 Å². The van der Waals surface area contributed by atoms with E-state index in [0.29, 0.717) is 11.1 Å². The standard InChI is InChI=1S/C10H15ClN2O/c1-6(2)10-12-9(11)7-4-3-5-8(14)13(7)10/h6,8,14H,3-5H2,1-2H3. The number of hydrogen-bond donors (Lipinski definition) is 1. The number of imidazole rings is 1. The lowest BCUT2D eigenvalue weighted by atomic mass is 10.1. The Morgan fingerprint density at radius 1 is 1.57 bits per heavy atom. The van der Waals surface area contributed by atoms with Crippen LogP contribution in [0.3, 0.4) is 0 Å². The van der Waals surface area contributed by atoms with Gasteiger partial charge in [0.15, 0.2) is 5.15 Å². The molecule has 1 aromatic rings. The number of aliphatic hydroxyl groups excluding tert-OH is 1. The van der Waals surface area contributed by atoms with E-state index in [1.165, 1.54) is 0 Å². The predicted molar refractivity (Wildman–Crippen MR) is 55.5 cm³/mol. The number of aliphatic hydroxyl groups is 1. The molecule has 1 atom stereocenters. The minimum absolute atomic E-state index is 0.300. The Balaban J connectivity index is 2.53. The van der Waals surface area contributed by atoms with Gasteiger partial charge in [-0.25, -0.2) is 4.98 Å². The van der Waals surface area contributed by atoms with E-state index in [1.807, 2.05) is 4.57 Å². The van der Waals surface area contributed by atoms with Crippen molar-refractivity contribution in [3.05, 3.63) is 16.7 Å². The van der Waals surface area contributed by atoms with Gasteiger partial charge in [0, 0.05) is 5.92 Å². The predicted octanol–water partition coefficient (Wildman–Crippen LogP) is 2.49. The van der Waals surface area contributed by atoms with Gasteiger partial charge in [0.2, 0.25) is 0 Å². The molecule has 0 amide bonds. The third-order valence-corrected chi connectivity index (χ3v) is 2.98. The molecule has 2 heterocycles. The second kappa shape index (κ2) is 3.55. The van der Waals surface area contributed by atoms with Gasteiger partial charge in [-0.2, -0.15) is 0 Å². The average Bonchev–Trinajstić information content (AvgIpc) is 2.46. The number of fused-ring (bicyclic) bond motifs is 1. The largest absolute Gasteiger partial charge is 0.373 e. The van der Waals surface area contributed by atoms with Crippen molar-refractivity contribution in [2.45, 2.75) is 45.3 Å². The van der Waals surface area contributed by atoms with Crippen LogP contribution >= 0.6 is 11.6 Å². The molecular weight excluding hydrogens is 200 g/mol. The summed E-state index contributed by atoms with van der Waals surface area (Å²) in [5, 5.41) is 10.4. The Morgan fingerprint density at radius 3 is 2.93 bits per heavy atom. The molecular formula is C10H15ClN2O. The summed E-state index contributed by atoms with van der Waals surface area (Å²) in [5.74, 6) is 1.20. The zero-order chi connectivity index (χ0) is 10.3. The zero-order valence-electron chi connectivity index (χ0n) is 8.50. The Kier molecular flexibility index (Phi) is 2.54. The van der Waals surface area contributed by atoms with E-state index in [2.05, 4.69) is 18.8 Å². The summed E-state index contributed by atoms with van der Waals surface area (Å²) in [7, 11) is 0. The molecule has 0 aromatic carbocycles. The second-order valence-corrected chi connectivity index (χ2v) is 4.46. The van der Waals surface area contributed by atoms with Crippen LogP contribution in [0.5, 0.6) is 0 Å². The minimum Gasteiger partial charge on any atom is -0.373 e. The third kappa shape index (κ3) is 1.44. The highest BCUT2D eigenvalue weighted by Gasteiger charge is 2.25. The third-order valence-electron chi connectivity index (χ3n) is 2.68. The van der Waals surface area contributed by atoms with Crippen LogP contribution in [0.1, 0.15) is 50.4 Å². The number of nitrogens with zero attached hydrogens (tertiary/aromatic N) is 2. The van der Waals surface area contributed by atoms with E-state index in [1.54, 1.807) is 0 Å². The summed E-state index contributed by atoms with van der Waals surface area (Å²) in [4.78, 5) is 4.31. The smallest absolute Gasteiger partial charge is 0.150 e. The van der Waals surface area contributed by atoms with E-state index in [4.69, 9.17) is 11.6 Å². The van der Waals surface area contributed by atoms with Crippen molar-refractivity contribution in [3.8, 4) is 0 Å². The van der Waals surface area contributed by atoms with Crippen molar-refractivity contribution in [1.29, 1.82) is 0 Å². The van der Waals surface area contributed by atoms with Gasteiger partial charge in [0.05, 0.1) is 5.69 Å². The first-order valence-corrected chi connectivity index (χ1v) is 5.43. The summed E-state index contributed by atoms with van der Waals surface area (Å²) in [6, 6.07) is 0. The fraction of sp³-hybridized carbons (Fsp3) is 0.700. The lowest BCUT2D eigenvalue weighted by molar-refractivity contribution is 0.0750. The molecule has 0 bridgehead atoms. The number of rotatable bonds is 1. The van der Waals surface area contributed by atoms with Crippen molar-refractivity contribution in [2.24, 2.45) is 0 Å². The molecule has 1 aliphatic heterocycles. The molecule has 78 valence electrons. The zero-order valence-corrected chi connectivity index (χ0v) is 9.25. The van der Waals surface area contributed by atoms with Crippen LogP contribution in [-0.2, 0) is 6.42 Å². The molecule has 0 aliphatic carbocycles. The maximum absolute atomic E-state index is 9.87. The highest BCUT2D eigenvalue weighted by atomic mass is 35.5. The van der Waals surface area contributed by atoms with E-state index >= 15 is 0 Å². The lowest BCUT2D eigenvalue weighted by Crippen LogP contribution is -2.19. The fourth-order valence-electron chi connectivity index (χ4n) is 2.00. The summed E-state index contributed by atoms with van der Waals surface area (Å²) in [5.41, 5.74) is 0.995. The average molecular weight is 215 g/mol. The van der Waals surface area contributed by atoms with Gasteiger partial charge in [-0.3, -0.25) is 0 Å². The van der Waals surface area contributed by atoms with Crippen LogP contribution in [-0.4, -0.2) is 14.7 Å². The normalized spacial score (nSPS) is 21.4. The Hall–Kier alpha value is -0.540. The molecule has 14 heavy (non-hydrogen) atoms. The van der Waals surface area contributed by atoms with Crippen LogP contribution in [0.4, 0.5) is 0 Å². The molecule has 0 fully saturated rings. The highest BCUT2D eigenvalue weighted by molar-refractivity contribution is 6.30. The Morgan fingerprint density at radius 2 is 2.29 bits per heavy atom. The summed E-state index contributed by atoms with van der Waals surface area (Å²) >= 11 is 6.03. The van der Waals surface area contributed by atoms with Crippen LogP contribution in [0.2, 0.25) is 5.15 Å². The summed E-state index contributed by atoms with van der Waals surface area (Å²) < 4.78 is 1.90. The van der Waals surface area contributed by atoms with Crippen molar-refractivity contribution in [2.75, 3.05) is 0 Å². The quantitative estimate of drug-likeness (QED) is 0.780. The first-order chi connectivity index (χ1) is 6.61. The molecule has 0 radical (unpaired) electrons. The molecule has 1 unspecified atom stereocenters. The van der Waals surface area contributed by atoms with E-state index in [-0.39, 0.29) is 0 Å². The van der Waals surface area contributed by atoms with Crippen molar-refractivity contribution in [1.82, 2.24) is 9.55 Å². The van der Waals surface area contributed by atoms with Crippen LogP contribution in [0, 0.1) is 0 Å². The van der Waals surface area contributed by atoms with Crippen LogP contribution < -0.4 is 0 Å². The van der Waals surface area contributed by atoms with Crippen molar-refractivity contribution in [3.63, 3.8) is 0 Å². The van der Waals surface area contributed by atoms with Crippen LogP contribution in [0.25, 0.3) is 0 Å². The van der Waals surface area contributed by atoms with Crippen molar-refractivity contribution < 1.29 is 5.11 Å². The van der Waals surface area contributed by atoms with Gasteiger partial charge in [-0.05, 0) is 19.3 Å². The second-order valence-electron chi connectivity index (χ2n) is 4.11. The van der Waals surface area contributed by atoms with Crippen molar-refractivity contribution >= 4 is 11.6 Å². The number of hydrogen-bond acceptors (Lipinski definition) is 2. The van der Waals surface area contributed by atoms with Gasteiger partial charge in [0.25, 0.3) is 0 Å². The first kappa shape index (κ1) is 9.99. The summed E-state index contributed by atoms with van der Waals surface area (Å²) in [6.45, 7) is 4.13. The fourth-order valence-corrected chi connectivity index (χ4v) is 2.27. The molecule has 4 heteroatoms. The van der Waals surface area contributed by atoms with Gasteiger partial charge in [-0.1, -0.05) is 25.4 Å². The molecule has 1 aromatic heterocycles. The maximum atomic E-state index is 9.87. The van der Waals surface area contributed by atoms with Crippen LogP contribution in [0.15, 0.2) is 0 Å². The molecule has 3 nitrogen and oxygen atoms in total. The molecule has 0 saturated carbocycles. The molecule has 1 N–H and O–H groups in total. The Bertz CT molecular complexity index is 346. The highest BCUT2D eigenvalue weighted by Crippen LogP contribution is 2.32. The number of aromatic nitrogens is 2. The van der Waals surface area contributed by atoms with E-state index in [9.17, 15) is 5.11 Å². The minimum atomic E-state index is -0.434. The lowest BCUT2D eigenvalue weighted by Gasteiger charge is -2.23. The molecule has 0 saturated heterocycles. The SMILES string of the molecule is CC(C)c1nc(Cl)c2n1C(O)CCC2. The van der Waals surface area contributed by atoms with Gasteiger partial charge in [-0.15, -0.1) is 0 Å². The summed E-state index contributed by atoms with van der Waals surface area (Å²) in [6.07, 6.45) is 2.29. The van der Waals surface area contributed by atoms with E-state index < -0.39 is 6.23 Å². The topological polar surface area (TPSA) is 38.0 Å². The van der Waals surface area contributed by atoms with Gasteiger partial charge in [0.1, 0.15) is 12.1 Å². The first-order valence-electron chi connectivity index (χ1n) is 5.05. The Labute approximate surface area is 88.7 Å². The van der Waals surface area contributed by atoms with Gasteiger partial charge >= 0.3 is 0 Å². The van der Waals surface area contributed by atoms with E-state index in [0.717, 1.165) is 30.8 Å².